The predicted octanol–water partition coefficient (Wildman–Crippen LogP) is 4.52. The maximum absolute atomic E-state index is 11.3. The number of carbonyl (C=O) groups excluding carboxylic acids is 1. The molecule has 0 fully saturated rings. The van der Waals surface area contributed by atoms with Crippen molar-refractivity contribution in [2.75, 3.05) is 5.32 Å². The van der Waals surface area contributed by atoms with Gasteiger partial charge in [-0.1, -0.05) is 50.3 Å². The first-order valence-electron chi connectivity index (χ1n) is 6.93. The molecule has 2 aromatic carbocycles. The number of phenols is 1. The van der Waals surface area contributed by atoms with E-state index in [-0.39, 0.29) is 11.7 Å². The summed E-state index contributed by atoms with van der Waals surface area (Å²) in [6, 6.07) is 12.9. The van der Waals surface area contributed by atoms with Crippen LogP contribution in [0.3, 0.4) is 0 Å². The maximum Gasteiger partial charge on any atom is 0.247 e. The summed E-state index contributed by atoms with van der Waals surface area (Å²) < 4.78 is 0. The number of anilines is 1. The highest BCUT2D eigenvalue weighted by atomic mass is 16.3. The highest BCUT2D eigenvalue weighted by molar-refractivity contribution is 5.99. The zero-order valence-corrected chi connectivity index (χ0v) is 12.7. The van der Waals surface area contributed by atoms with Gasteiger partial charge < -0.3 is 10.4 Å². The molecule has 0 bridgehead atoms. The molecule has 0 saturated heterocycles. The van der Waals surface area contributed by atoms with Crippen molar-refractivity contribution in [2.24, 2.45) is 0 Å². The molecular weight excluding hydrogens is 262 g/mol. The standard InChI is InChI=1S/C16H15NO2.C2H6/c1-3-16(19)17-14-8-13(9-15(18)10-14)12-6-4-11(2)5-7-12;1-2/h3-10,18H,1H2,2H3,(H,17,19);1-2H3. The van der Waals surface area contributed by atoms with Crippen LogP contribution in [0, 0.1) is 6.92 Å². The lowest BCUT2D eigenvalue weighted by atomic mass is 10.0. The summed E-state index contributed by atoms with van der Waals surface area (Å²) in [6.45, 7) is 9.41. The number of amides is 1. The second-order valence-electron chi connectivity index (χ2n) is 4.33. The molecule has 0 aromatic heterocycles. The Morgan fingerprint density at radius 1 is 1.10 bits per heavy atom. The molecule has 2 N–H and O–H groups in total. The van der Waals surface area contributed by atoms with Gasteiger partial charge in [-0.15, -0.1) is 0 Å². The average molecular weight is 283 g/mol. The first kappa shape index (κ1) is 16.5. The third-order valence-corrected chi connectivity index (χ3v) is 2.76. The fourth-order valence-corrected chi connectivity index (χ4v) is 1.79. The van der Waals surface area contributed by atoms with E-state index in [1.807, 2.05) is 51.1 Å². The largest absolute Gasteiger partial charge is 0.508 e. The van der Waals surface area contributed by atoms with Crippen LogP contribution in [0.2, 0.25) is 0 Å². The Morgan fingerprint density at radius 3 is 2.29 bits per heavy atom. The lowest BCUT2D eigenvalue weighted by Crippen LogP contribution is -2.07. The number of phenolic OH excluding ortho intramolecular Hbond substituents is 1. The molecule has 2 aromatic rings. The van der Waals surface area contributed by atoms with Gasteiger partial charge in [0.05, 0.1) is 0 Å². The van der Waals surface area contributed by atoms with Gasteiger partial charge in [0, 0.05) is 11.8 Å². The Morgan fingerprint density at radius 2 is 1.71 bits per heavy atom. The van der Waals surface area contributed by atoms with Crippen LogP contribution in [0.4, 0.5) is 5.69 Å². The molecule has 0 heterocycles. The molecule has 0 atom stereocenters. The first-order valence-corrected chi connectivity index (χ1v) is 6.93. The Hall–Kier alpha value is -2.55. The van der Waals surface area contributed by atoms with Gasteiger partial charge in [-0.2, -0.15) is 0 Å². The maximum atomic E-state index is 11.3. The van der Waals surface area contributed by atoms with Gasteiger partial charge in [-0.3, -0.25) is 4.79 Å². The zero-order chi connectivity index (χ0) is 15.8. The molecule has 0 radical (unpaired) electrons. The minimum Gasteiger partial charge on any atom is -0.508 e. The number of aryl methyl sites for hydroxylation is 1. The first-order chi connectivity index (χ1) is 10.1. The molecule has 21 heavy (non-hydrogen) atoms. The molecule has 0 spiro atoms. The number of rotatable bonds is 3. The fourth-order valence-electron chi connectivity index (χ4n) is 1.79. The van der Waals surface area contributed by atoms with Crippen LogP contribution in [-0.4, -0.2) is 11.0 Å². The molecule has 3 nitrogen and oxygen atoms in total. The smallest absolute Gasteiger partial charge is 0.247 e. The van der Waals surface area contributed by atoms with Crippen molar-refractivity contribution in [1.82, 2.24) is 0 Å². The number of carbonyl (C=O) groups is 1. The van der Waals surface area contributed by atoms with Crippen LogP contribution in [-0.2, 0) is 4.79 Å². The summed E-state index contributed by atoms with van der Waals surface area (Å²) >= 11 is 0. The van der Waals surface area contributed by atoms with E-state index in [1.165, 1.54) is 17.7 Å². The average Bonchev–Trinajstić information content (AvgIpc) is 2.49. The second kappa shape index (κ2) is 7.90. The van der Waals surface area contributed by atoms with Gasteiger partial charge in [-0.05, 0) is 36.3 Å². The van der Waals surface area contributed by atoms with Crippen LogP contribution in [0.5, 0.6) is 5.75 Å². The van der Waals surface area contributed by atoms with E-state index < -0.39 is 0 Å². The van der Waals surface area contributed by atoms with Crippen molar-refractivity contribution in [1.29, 1.82) is 0 Å². The summed E-state index contributed by atoms with van der Waals surface area (Å²) in [5.41, 5.74) is 3.54. The van der Waals surface area contributed by atoms with Crippen molar-refractivity contribution in [3.63, 3.8) is 0 Å². The quantitative estimate of drug-likeness (QED) is 0.814. The highest BCUT2D eigenvalue weighted by Crippen LogP contribution is 2.28. The molecule has 0 saturated carbocycles. The van der Waals surface area contributed by atoms with Gasteiger partial charge in [0.1, 0.15) is 5.75 Å². The minimum absolute atomic E-state index is 0.109. The van der Waals surface area contributed by atoms with E-state index >= 15 is 0 Å². The van der Waals surface area contributed by atoms with Crippen LogP contribution in [0.1, 0.15) is 19.4 Å². The van der Waals surface area contributed by atoms with Crippen molar-refractivity contribution >= 4 is 11.6 Å². The van der Waals surface area contributed by atoms with Crippen LogP contribution >= 0.6 is 0 Å². The Bertz CT molecular complexity index is 616. The van der Waals surface area contributed by atoms with E-state index in [4.69, 9.17) is 0 Å². The number of nitrogens with one attached hydrogen (secondary N) is 1. The molecule has 0 aliphatic rings. The molecule has 0 aliphatic carbocycles. The molecule has 1 amide bonds. The summed E-state index contributed by atoms with van der Waals surface area (Å²) in [4.78, 5) is 11.3. The number of aromatic hydroxyl groups is 1. The molecule has 2 rings (SSSR count). The van der Waals surface area contributed by atoms with Gasteiger partial charge in [-0.25, -0.2) is 0 Å². The highest BCUT2D eigenvalue weighted by Gasteiger charge is 2.04. The van der Waals surface area contributed by atoms with Crippen LogP contribution in [0.15, 0.2) is 55.1 Å². The number of hydrogen-bond donors (Lipinski definition) is 2. The predicted molar refractivity (Wildman–Crippen MR) is 88.5 cm³/mol. The summed E-state index contributed by atoms with van der Waals surface area (Å²) in [7, 11) is 0. The fraction of sp³-hybridized carbons (Fsp3) is 0.167. The lowest BCUT2D eigenvalue weighted by Gasteiger charge is -2.08. The van der Waals surface area contributed by atoms with Crippen LogP contribution < -0.4 is 5.32 Å². The molecule has 110 valence electrons. The van der Waals surface area contributed by atoms with E-state index in [0.29, 0.717) is 5.69 Å². The number of benzene rings is 2. The van der Waals surface area contributed by atoms with Gasteiger partial charge >= 0.3 is 0 Å². The van der Waals surface area contributed by atoms with Crippen molar-refractivity contribution in [3.05, 3.63) is 60.7 Å². The molecule has 0 aliphatic heterocycles. The van der Waals surface area contributed by atoms with Gasteiger partial charge in [0.25, 0.3) is 0 Å². The Labute approximate surface area is 125 Å². The third-order valence-electron chi connectivity index (χ3n) is 2.76. The topological polar surface area (TPSA) is 49.3 Å². The molecule has 3 heteroatoms. The SMILES string of the molecule is C=CC(=O)Nc1cc(O)cc(-c2ccc(C)cc2)c1.CC. The van der Waals surface area contributed by atoms with Gasteiger partial charge in [0.15, 0.2) is 0 Å². The summed E-state index contributed by atoms with van der Waals surface area (Å²) in [5.74, 6) is -0.196. The normalized spacial score (nSPS) is 9.29. The molecule has 0 unspecified atom stereocenters. The lowest BCUT2D eigenvalue weighted by molar-refractivity contribution is -0.111. The monoisotopic (exact) mass is 283 g/mol. The van der Waals surface area contributed by atoms with Crippen molar-refractivity contribution < 1.29 is 9.90 Å². The Kier molecular flexibility index (Phi) is 6.21. The van der Waals surface area contributed by atoms with E-state index in [2.05, 4.69) is 11.9 Å². The van der Waals surface area contributed by atoms with Crippen LogP contribution in [0.25, 0.3) is 11.1 Å². The summed E-state index contributed by atoms with van der Waals surface area (Å²) in [6.07, 6.45) is 1.19. The van der Waals surface area contributed by atoms with Gasteiger partial charge in [0.2, 0.25) is 5.91 Å². The summed E-state index contributed by atoms with van der Waals surface area (Å²) in [5, 5.41) is 12.4. The molecular formula is C18H21NO2. The van der Waals surface area contributed by atoms with Crippen molar-refractivity contribution in [3.8, 4) is 16.9 Å². The Balaban J connectivity index is 0.00000106. The number of hydrogen-bond acceptors (Lipinski definition) is 2. The van der Waals surface area contributed by atoms with E-state index in [1.54, 1.807) is 6.07 Å². The van der Waals surface area contributed by atoms with E-state index in [0.717, 1.165) is 11.1 Å². The zero-order valence-electron chi connectivity index (χ0n) is 12.7. The second-order valence-corrected chi connectivity index (χ2v) is 4.33. The minimum atomic E-state index is -0.305. The van der Waals surface area contributed by atoms with E-state index in [9.17, 15) is 9.90 Å². The third kappa shape index (κ3) is 4.80. The van der Waals surface area contributed by atoms with Crippen molar-refractivity contribution in [2.45, 2.75) is 20.8 Å².